The third-order valence-corrected chi connectivity index (χ3v) is 3.71. The predicted molar refractivity (Wildman–Crippen MR) is 59.4 cm³/mol. The molecule has 0 spiro atoms. The van der Waals surface area contributed by atoms with Crippen LogP contribution in [0.1, 0.15) is 12.8 Å². The van der Waals surface area contributed by atoms with Crippen LogP contribution in [0.15, 0.2) is 16.0 Å². The Labute approximate surface area is 88.3 Å². The standard InChI is InChI=1S/C10H14N2OS/c1-12(2)10(13)8-6-14-9-7(8)4-3-5-11-9/h5-7,9H,3-4H2,1-2H3. The summed E-state index contributed by atoms with van der Waals surface area (Å²) < 4.78 is 0. The van der Waals surface area contributed by atoms with Crippen molar-refractivity contribution in [3.63, 3.8) is 0 Å². The number of nitrogens with zero attached hydrogens (tertiary/aromatic N) is 2. The number of aliphatic imine (C=N–C) groups is 1. The second-order valence-corrected chi connectivity index (χ2v) is 4.81. The molecule has 76 valence electrons. The van der Waals surface area contributed by atoms with Crippen LogP contribution in [-0.4, -0.2) is 36.5 Å². The van der Waals surface area contributed by atoms with Crippen LogP contribution in [0.5, 0.6) is 0 Å². The van der Waals surface area contributed by atoms with Gasteiger partial charge in [-0.25, -0.2) is 0 Å². The van der Waals surface area contributed by atoms with Gasteiger partial charge in [0, 0.05) is 31.8 Å². The maximum Gasteiger partial charge on any atom is 0.250 e. The molecular weight excluding hydrogens is 196 g/mol. The minimum absolute atomic E-state index is 0.141. The van der Waals surface area contributed by atoms with Gasteiger partial charge in [0.15, 0.2) is 0 Å². The van der Waals surface area contributed by atoms with Gasteiger partial charge in [0.1, 0.15) is 5.37 Å². The van der Waals surface area contributed by atoms with Gasteiger partial charge in [-0.1, -0.05) is 0 Å². The first kappa shape index (κ1) is 9.77. The number of amides is 1. The quantitative estimate of drug-likeness (QED) is 0.657. The Bertz CT molecular complexity index is 309. The number of fused-ring (bicyclic) bond motifs is 1. The molecule has 14 heavy (non-hydrogen) atoms. The summed E-state index contributed by atoms with van der Waals surface area (Å²) in [7, 11) is 3.60. The van der Waals surface area contributed by atoms with Crippen molar-refractivity contribution in [3.8, 4) is 0 Å². The number of likely N-dealkylation sites (N-methyl/N-ethyl adjacent to an activating group) is 1. The van der Waals surface area contributed by atoms with Gasteiger partial charge in [-0.3, -0.25) is 9.79 Å². The number of hydrogen-bond acceptors (Lipinski definition) is 3. The number of rotatable bonds is 1. The molecule has 0 N–H and O–H groups in total. The molecule has 1 amide bonds. The molecule has 0 aliphatic carbocycles. The molecule has 0 saturated heterocycles. The van der Waals surface area contributed by atoms with Crippen LogP contribution < -0.4 is 0 Å². The lowest BCUT2D eigenvalue weighted by Gasteiger charge is -2.22. The van der Waals surface area contributed by atoms with E-state index in [2.05, 4.69) is 4.99 Å². The summed E-state index contributed by atoms with van der Waals surface area (Å²) in [5.74, 6) is 0.488. The van der Waals surface area contributed by atoms with Crippen molar-refractivity contribution >= 4 is 23.9 Å². The molecule has 0 aromatic heterocycles. The molecule has 0 radical (unpaired) electrons. The highest BCUT2D eigenvalue weighted by Gasteiger charge is 2.35. The first-order valence-electron chi connectivity index (χ1n) is 4.79. The maximum absolute atomic E-state index is 11.8. The van der Waals surface area contributed by atoms with Crippen LogP contribution in [0.25, 0.3) is 0 Å². The SMILES string of the molecule is CN(C)C(=O)C1=CSC2N=CCCC12. The smallest absolute Gasteiger partial charge is 0.250 e. The van der Waals surface area contributed by atoms with Crippen LogP contribution in [0.2, 0.25) is 0 Å². The molecule has 2 aliphatic heterocycles. The first-order valence-corrected chi connectivity index (χ1v) is 5.73. The highest BCUT2D eigenvalue weighted by molar-refractivity contribution is 8.03. The topological polar surface area (TPSA) is 32.7 Å². The highest BCUT2D eigenvalue weighted by Crippen LogP contribution is 2.41. The minimum atomic E-state index is 0.141. The van der Waals surface area contributed by atoms with E-state index in [1.807, 2.05) is 11.6 Å². The monoisotopic (exact) mass is 210 g/mol. The molecule has 2 heterocycles. The van der Waals surface area contributed by atoms with Crippen LogP contribution >= 0.6 is 11.8 Å². The van der Waals surface area contributed by atoms with E-state index in [1.54, 1.807) is 30.8 Å². The van der Waals surface area contributed by atoms with Crippen LogP contribution in [-0.2, 0) is 4.79 Å². The van der Waals surface area contributed by atoms with E-state index in [1.165, 1.54) is 0 Å². The summed E-state index contributed by atoms with van der Waals surface area (Å²) in [6, 6.07) is 0. The molecule has 2 aliphatic rings. The summed E-state index contributed by atoms with van der Waals surface area (Å²) in [4.78, 5) is 17.8. The summed E-state index contributed by atoms with van der Waals surface area (Å²) >= 11 is 1.67. The number of carbonyl (C=O) groups is 1. The Morgan fingerprint density at radius 3 is 3.14 bits per heavy atom. The van der Waals surface area contributed by atoms with Crippen molar-refractivity contribution in [1.29, 1.82) is 0 Å². The van der Waals surface area contributed by atoms with Crippen molar-refractivity contribution in [1.82, 2.24) is 4.90 Å². The molecule has 0 bridgehead atoms. The fourth-order valence-electron chi connectivity index (χ4n) is 1.82. The number of thioether (sulfide) groups is 1. The largest absolute Gasteiger partial charge is 0.345 e. The van der Waals surface area contributed by atoms with Gasteiger partial charge in [0.05, 0.1) is 0 Å². The predicted octanol–water partition coefficient (Wildman–Crippen LogP) is 1.51. The lowest BCUT2D eigenvalue weighted by atomic mass is 9.93. The van der Waals surface area contributed by atoms with E-state index in [9.17, 15) is 4.79 Å². The molecule has 2 atom stereocenters. The zero-order valence-electron chi connectivity index (χ0n) is 8.43. The highest BCUT2D eigenvalue weighted by atomic mass is 32.2. The fourth-order valence-corrected chi connectivity index (χ4v) is 3.01. The molecule has 4 heteroatoms. The Balaban J connectivity index is 2.15. The normalized spacial score (nSPS) is 29.7. The molecule has 3 nitrogen and oxygen atoms in total. The van der Waals surface area contributed by atoms with Crippen molar-refractivity contribution < 1.29 is 4.79 Å². The van der Waals surface area contributed by atoms with Crippen molar-refractivity contribution in [2.75, 3.05) is 14.1 Å². The second kappa shape index (κ2) is 3.77. The van der Waals surface area contributed by atoms with Crippen molar-refractivity contribution in [3.05, 3.63) is 11.0 Å². The third kappa shape index (κ3) is 1.59. The molecule has 0 aromatic carbocycles. The van der Waals surface area contributed by atoms with E-state index >= 15 is 0 Å². The number of hydrogen-bond donors (Lipinski definition) is 0. The third-order valence-electron chi connectivity index (χ3n) is 2.59. The van der Waals surface area contributed by atoms with Gasteiger partial charge in [-0.15, -0.1) is 11.8 Å². The lowest BCUT2D eigenvalue weighted by molar-refractivity contribution is -0.125. The summed E-state index contributed by atoms with van der Waals surface area (Å²) in [6.07, 6.45) is 4.04. The molecule has 2 rings (SSSR count). The maximum atomic E-state index is 11.8. The van der Waals surface area contributed by atoms with Crippen LogP contribution in [0.3, 0.4) is 0 Å². The van der Waals surface area contributed by atoms with Gasteiger partial charge < -0.3 is 4.90 Å². The molecular formula is C10H14N2OS. The Morgan fingerprint density at radius 2 is 2.43 bits per heavy atom. The zero-order valence-corrected chi connectivity index (χ0v) is 9.25. The number of carbonyl (C=O) groups excluding carboxylic acids is 1. The van der Waals surface area contributed by atoms with E-state index in [0.717, 1.165) is 18.4 Å². The minimum Gasteiger partial charge on any atom is -0.345 e. The second-order valence-electron chi connectivity index (χ2n) is 3.81. The summed E-state index contributed by atoms with van der Waals surface area (Å²) in [5.41, 5.74) is 0.946. The average Bonchev–Trinajstić information content (AvgIpc) is 2.60. The summed E-state index contributed by atoms with van der Waals surface area (Å²) in [5, 5.41) is 2.25. The first-order chi connectivity index (χ1) is 6.70. The Kier molecular flexibility index (Phi) is 2.63. The average molecular weight is 210 g/mol. The molecule has 0 aromatic rings. The van der Waals surface area contributed by atoms with Gasteiger partial charge in [-0.05, 0) is 18.2 Å². The molecule has 2 unspecified atom stereocenters. The fraction of sp³-hybridized carbons (Fsp3) is 0.600. The molecule has 0 saturated carbocycles. The zero-order chi connectivity index (χ0) is 10.1. The van der Waals surface area contributed by atoms with Crippen LogP contribution in [0.4, 0.5) is 0 Å². The van der Waals surface area contributed by atoms with Crippen molar-refractivity contribution in [2.24, 2.45) is 10.9 Å². The van der Waals surface area contributed by atoms with Gasteiger partial charge in [0.2, 0.25) is 5.91 Å². The lowest BCUT2D eigenvalue weighted by Crippen LogP contribution is -2.29. The Hall–Kier alpha value is -0.770. The van der Waals surface area contributed by atoms with E-state index < -0.39 is 0 Å². The van der Waals surface area contributed by atoms with Gasteiger partial charge >= 0.3 is 0 Å². The van der Waals surface area contributed by atoms with Gasteiger partial charge in [-0.2, -0.15) is 0 Å². The van der Waals surface area contributed by atoms with E-state index in [4.69, 9.17) is 0 Å². The van der Waals surface area contributed by atoms with E-state index in [0.29, 0.717) is 5.92 Å². The summed E-state index contributed by atoms with van der Waals surface area (Å²) in [6.45, 7) is 0. The van der Waals surface area contributed by atoms with Crippen LogP contribution in [0, 0.1) is 5.92 Å². The molecule has 0 fully saturated rings. The van der Waals surface area contributed by atoms with E-state index in [-0.39, 0.29) is 11.3 Å². The van der Waals surface area contributed by atoms with Gasteiger partial charge in [0.25, 0.3) is 0 Å². The Morgan fingerprint density at radius 1 is 1.64 bits per heavy atom. The van der Waals surface area contributed by atoms with Crippen molar-refractivity contribution in [2.45, 2.75) is 18.2 Å².